The fourth-order valence-corrected chi connectivity index (χ4v) is 6.17. The maximum absolute atomic E-state index is 13.1. The summed E-state index contributed by atoms with van der Waals surface area (Å²) in [5.74, 6) is 1.06. The smallest absolute Gasteiger partial charge is 0.286 e. The number of carbonyl (C=O) groups is 1. The molecule has 0 saturated carbocycles. The highest BCUT2D eigenvalue weighted by Crippen LogP contribution is 2.35. The Balaban J connectivity index is 1.57. The summed E-state index contributed by atoms with van der Waals surface area (Å²) in [5.41, 5.74) is 1.97. The Morgan fingerprint density at radius 1 is 1.14 bits per heavy atom. The summed E-state index contributed by atoms with van der Waals surface area (Å²) in [6.45, 7) is 6.93. The predicted molar refractivity (Wildman–Crippen MR) is 138 cm³/mol. The zero-order valence-electron chi connectivity index (χ0n) is 20.7. The van der Waals surface area contributed by atoms with Crippen LogP contribution in [0.25, 0.3) is 0 Å². The molecule has 9 heteroatoms. The molecular formula is C26H34N4O4S. The van der Waals surface area contributed by atoms with Crippen molar-refractivity contribution in [1.82, 2.24) is 10.2 Å². The lowest BCUT2D eigenvalue weighted by Gasteiger charge is -2.31. The van der Waals surface area contributed by atoms with Gasteiger partial charge in [-0.15, -0.1) is 4.40 Å². The van der Waals surface area contributed by atoms with Gasteiger partial charge >= 0.3 is 0 Å². The van der Waals surface area contributed by atoms with Gasteiger partial charge in [-0.25, -0.2) is 0 Å². The zero-order valence-corrected chi connectivity index (χ0v) is 21.5. The number of hydrogen-bond donors (Lipinski definition) is 1. The summed E-state index contributed by atoms with van der Waals surface area (Å²) in [4.78, 5) is 17.5. The van der Waals surface area contributed by atoms with Crippen molar-refractivity contribution in [2.24, 2.45) is 4.40 Å². The minimum Gasteiger partial charge on any atom is -0.497 e. The van der Waals surface area contributed by atoms with Crippen LogP contribution in [0.5, 0.6) is 5.75 Å². The lowest BCUT2D eigenvalue weighted by atomic mass is 10.0. The molecule has 0 aliphatic carbocycles. The first-order valence-electron chi connectivity index (χ1n) is 12.3. The van der Waals surface area contributed by atoms with Crippen LogP contribution >= 0.6 is 0 Å². The molecule has 4 rings (SSSR count). The first-order chi connectivity index (χ1) is 16.9. The summed E-state index contributed by atoms with van der Waals surface area (Å²) < 4.78 is 35.3. The quantitative estimate of drug-likeness (QED) is 0.592. The van der Waals surface area contributed by atoms with E-state index in [-0.39, 0.29) is 16.8 Å². The van der Waals surface area contributed by atoms with Crippen LogP contribution in [0, 0.1) is 0 Å². The molecule has 1 fully saturated rings. The maximum Gasteiger partial charge on any atom is 0.286 e. The van der Waals surface area contributed by atoms with Gasteiger partial charge in [0, 0.05) is 25.1 Å². The van der Waals surface area contributed by atoms with Gasteiger partial charge in [-0.05, 0) is 61.8 Å². The normalized spacial score (nSPS) is 17.6. The Kier molecular flexibility index (Phi) is 7.76. The van der Waals surface area contributed by atoms with Crippen LogP contribution in [0.4, 0.5) is 5.69 Å². The molecule has 1 amide bonds. The average Bonchev–Trinajstić information content (AvgIpc) is 3.11. The number of methoxy groups -OCH3 is 1. The number of carbonyl (C=O) groups excluding carboxylic acids is 1. The van der Waals surface area contributed by atoms with Crippen molar-refractivity contribution in [3.63, 3.8) is 0 Å². The molecule has 0 radical (unpaired) electrons. The fourth-order valence-electron chi connectivity index (χ4n) is 4.88. The SMILES string of the molecule is CCN(CC)[C@@H](CNC(=O)c1ccc2c(c1)S(=O)(=O)N=C1CCCCCN12)c1cccc(OC)c1. The van der Waals surface area contributed by atoms with E-state index in [1.54, 1.807) is 19.2 Å². The van der Waals surface area contributed by atoms with Gasteiger partial charge in [0.25, 0.3) is 15.9 Å². The van der Waals surface area contributed by atoms with Gasteiger partial charge in [0.05, 0.1) is 18.8 Å². The molecule has 2 aromatic carbocycles. The number of fused-ring (bicyclic) bond motifs is 3. The molecule has 188 valence electrons. The monoisotopic (exact) mass is 498 g/mol. The number of hydrogen-bond acceptors (Lipinski definition) is 6. The van der Waals surface area contributed by atoms with Crippen molar-refractivity contribution in [1.29, 1.82) is 0 Å². The molecular weight excluding hydrogens is 464 g/mol. The number of anilines is 1. The van der Waals surface area contributed by atoms with E-state index in [1.807, 2.05) is 29.2 Å². The van der Waals surface area contributed by atoms with Gasteiger partial charge < -0.3 is 15.0 Å². The van der Waals surface area contributed by atoms with Crippen molar-refractivity contribution in [3.8, 4) is 5.75 Å². The predicted octanol–water partition coefficient (Wildman–Crippen LogP) is 3.99. The number of ether oxygens (including phenoxy) is 1. The highest BCUT2D eigenvalue weighted by Gasteiger charge is 2.32. The van der Waals surface area contributed by atoms with Crippen molar-refractivity contribution >= 4 is 27.5 Å². The Morgan fingerprint density at radius 2 is 1.94 bits per heavy atom. The Bertz CT molecular complexity index is 1210. The average molecular weight is 499 g/mol. The number of rotatable bonds is 8. The second kappa shape index (κ2) is 10.8. The second-order valence-corrected chi connectivity index (χ2v) is 10.4. The van der Waals surface area contributed by atoms with Crippen LogP contribution in [0.15, 0.2) is 51.8 Å². The standard InChI is InChI=1S/C26H34N4O4S/c1-4-29(5-2)23(19-10-9-11-21(16-19)34-3)18-27-26(31)20-13-14-22-24(17-20)35(32,33)28-25-12-7-6-8-15-30(22)25/h9-11,13-14,16-17,23H,4-8,12,15,18H2,1-3H3,(H,27,31)/t23-/m0/s1. The Labute approximate surface area is 208 Å². The highest BCUT2D eigenvalue weighted by molar-refractivity contribution is 7.90. The number of amides is 1. The van der Waals surface area contributed by atoms with Gasteiger partial charge in [-0.2, -0.15) is 8.42 Å². The Hall–Kier alpha value is -2.91. The van der Waals surface area contributed by atoms with Gasteiger partial charge in [-0.1, -0.05) is 32.4 Å². The fraction of sp³-hybridized carbons (Fsp3) is 0.462. The molecule has 8 nitrogen and oxygen atoms in total. The number of nitrogens with zero attached hydrogens (tertiary/aromatic N) is 3. The lowest BCUT2D eigenvalue weighted by molar-refractivity contribution is 0.0934. The first kappa shape index (κ1) is 25.2. The van der Waals surface area contributed by atoms with Crippen LogP contribution in [0.3, 0.4) is 0 Å². The molecule has 2 aliphatic heterocycles. The van der Waals surface area contributed by atoms with Gasteiger partial charge in [0.1, 0.15) is 16.5 Å². The maximum atomic E-state index is 13.1. The third-order valence-electron chi connectivity index (χ3n) is 6.80. The van der Waals surface area contributed by atoms with E-state index in [1.165, 1.54) is 6.07 Å². The molecule has 2 aromatic rings. The minimum atomic E-state index is -3.84. The molecule has 2 aliphatic rings. The van der Waals surface area contributed by atoms with Gasteiger partial charge in [-0.3, -0.25) is 9.69 Å². The second-order valence-electron chi connectivity index (χ2n) is 8.85. The van der Waals surface area contributed by atoms with E-state index in [0.717, 1.165) is 50.2 Å². The largest absolute Gasteiger partial charge is 0.497 e. The number of sulfonamides is 1. The minimum absolute atomic E-state index is 0.0466. The third kappa shape index (κ3) is 5.36. The lowest BCUT2D eigenvalue weighted by Crippen LogP contribution is -2.38. The molecule has 1 saturated heterocycles. The summed E-state index contributed by atoms with van der Waals surface area (Å²) in [6, 6.07) is 12.7. The Morgan fingerprint density at radius 3 is 2.69 bits per heavy atom. The molecule has 0 spiro atoms. The summed E-state index contributed by atoms with van der Waals surface area (Å²) in [7, 11) is -2.21. The number of nitrogens with one attached hydrogen (secondary N) is 1. The third-order valence-corrected chi connectivity index (χ3v) is 8.13. The van der Waals surface area contributed by atoms with E-state index in [0.29, 0.717) is 30.1 Å². The van der Waals surface area contributed by atoms with Crippen LogP contribution in [0.2, 0.25) is 0 Å². The number of likely N-dealkylation sites (N-methyl/N-ethyl adjacent to an activating group) is 1. The van der Waals surface area contributed by atoms with Crippen LogP contribution in [-0.2, 0) is 10.0 Å². The van der Waals surface area contributed by atoms with Gasteiger partial charge in [0.2, 0.25) is 0 Å². The number of benzene rings is 2. The molecule has 0 unspecified atom stereocenters. The van der Waals surface area contributed by atoms with Crippen LogP contribution in [0.1, 0.15) is 61.5 Å². The summed E-state index contributed by atoms with van der Waals surface area (Å²) in [5, 5.41) is 3.02. The van der Waals surface area contributed by atoms with E-state index >= 15 is 0 Å². The first-order valence-corrected chi connectivity index (χ1v) is 13.7. The van der Waals surface area contributed by atoms with E-state index in [2.05, 4.69) is 28.5 Å². The topological polar surface area (TPSA) is 91.3 Å². The molecule has 0 aromatic heterocycles. The molecule has 0 bridgehead atoms. The van der Waals surface area contributed by atoms with Crippen LogP contribution < -0.4 is 15.0 Å². The molecule has 2 heterocycles. The molecule has 1 N–H and O–H groups in total. The molecule has 35 heavy (non-hydrogen) atoms. The van der Waals surface area contributed by atoms with Gasteiger partial charge in [0.15, 0.2) is 0 Å². The highest BCUT2D eigenvalue weighted by atomic mass is 32.2. The zero-order chi connectivity index (χ0) is 25.0. The van der Waals surface area contributed by atoms with E-state index < -0.39 is 10.0 Å². The van der Waals surface area contributed by atoms with Crippen LogP contribution in [-0.4, -0.2) is 58.3 Å². The van der Waals surface area contributed by atoms with E-state index in [9.17, 15) is 13.2 Å². The van der Waals surface area contributed by atoms with Crippen molar-refractivity contribution < 1.29 is 17.9 Å². The number of amidine groups is 1. The van der Waals surface area contributed by atoms with Crippen molar-refractivity contribution in [2.75, 3.05) is 38.2 Å². The van der Waals surface area contributed by atoms with Crippen molar-refractivity contribution in [2.45, 2.75) is 50.5 Å². The van der Waals surface area contributed by atoms with Crippen molar-refractivity contribution in [3.05, 3.63) is 53.6 Å². The molecule has 1 atom stereocenters. The summed E-state index contributed by atoms with van der Waals surface area (Å²) >= 11 is 0. The summed E-state index contributed by atoms with van der Waals surface area (Å²) in [6.07, 6.45) is 3.61. The van der Waals surface area contributed by atoms with E-state index in [4.69, 9.17) is 4.74 Å².